The van der Waals surface area contributed by atoms with Gasteiger partial charge in [-0.3, -0.25) is 0 Å². The van der Waals surface area contributed by atoms with Gasteiger partial charge >= 0.3 is 5.97 Å². The molecule has 13 heteroatoms. The number of anilines is 2. The predicted molar refractivity (Wildman–Crippen MR) is 191 cm³/mol. The Labute approximate surface area is 289 Å². The van der Waals surface area contributed by atoms with Crippen molar-refractivity contribution in [1.29, 1.82) is 0 Å². The molecule has 2 aromatic heterocycles. The first-order chi connectivity index (χ1) is 22.9. The van der Waals surface area contributed by atoms with E-state index in [1.807, 2.05) is 32.0 Å². The van der Waals surface area contributed by atoms with E-state index in [2.05, 4.69) is 76.8 Å². The van der Waals surface area contributed by atoms with Gasteiger partial charge < -0.3 is 20.5 Å². The summed E-state index contributed by atoms with van der Waals surface area (Å²) in [4.78, 5) is 29.3. The summed E-state index contributed by atoms with van der Waals surface area (Å²) in [6.45, 7) is 18.2. The van der Waals surface area contributed by atoms with E-state index in [0.717, 1.165) is 41.4 Å². The van der Waals surface area contributed by atoms with Gasteiger partial charge in [0.05, 0.1) is 40.8 Å². The molecule has 4 aromatic rings. The number of carbonyl (C=O) groups is 1. The second kappa shape index (κ2) is 15.3. The molecule has 12 nitrogen and oxygen atoms in total. The Kier molecular flexibility index (Phi) is 11.6. The second-order valence-corrected chi connectivity index (χ2v) is 16.3. The molecule has 262 valence electrons. The van der Waals surface area contributed by atoms with Crippen molar-refractivity contribution in [3.05, 3.63) is 83.4 Å². The number of rotatable bonds is 14. The smallest absolute Gasteiger partial charge is 0.335 e. The molecule has 0 saturated carbocycles. The van der Waals surface area contributed by atoms with Crippen molar-refractivity contribution in [2.45, 2.75) is 79.3 Å². The fourth-order valence-corrected chi connectivity index (χ4v) is 6.11. The normalized spacial score (nSPS) is 12.7. The number of aromatic carboxylic acids is 1. The van der Waals surface area contributed by atoms with E-state index in [-0.39, 0.29) is 45.8 Å². The molecule has 0 spiro atoms. The Morgan fingerprint density at radius 3 is 2.18 bits per heavy atom. The predicted octanol–water partition coefficient (Wildman–Crippen LogP) is 6.48. The Hall–Kier alpha value is -4.62. The topological polar surface area (TPSA) is 168 Å². The number of aryl methyl sites for hydroxylation is 2. The summed E-state index contributed by atoms with van der Waals surface area (Å²) in [7, 11) is -4.24. The van der Waals surface area contributed by atoms with Crippen molar-refractivity contribution in [1.82, 2.24) is 25.3 Å². The first-order valence-corrected chi connectivity index (χ1v) is 17.6. The van der Waals surface area contributed by atoms with E-state index >= 15 is 0 Å². The number of aromatic nitrogens is 4. The monoisotopic (exact) mass is 689 g/mol. The molecular weight excluding hydrogens is 643 g/mol. The van der Waals surface area contributed by atoms with Crippen molar-refractivity contribution >= 4 is 27.6 Å². The van der Waals surface area contributed by atoms with Gasteiger partial charge in [0.2, 0.25) is 11.8 Å². The standard InChI is InChI=1S/C36H47N7O5S/c1-23-11-9-12-24(2)32(23)29-16-31(42-34(41-29)43-49(46,47)28-14-10-13-25(15-28)33(44)45)48-21-26(17-35(3,4)5)37-20-30-38-18-27(19-39-30)40-22-36(6,7)8/h9-16,18-19,26,37,40H,17,20-22H2,1-8H3,(H,44,45)(H,41,42,43). The molecule has 1 unspecified atom stereocenters. The first kappa shape index (κ1) is 37.2. The maximum Gasteiger partial charge on any atom is 0.335 e. The number of benzene rings is 2. The van der Waals surface area contributed by atoms with Gasteiger partial charge in [0.25, 0.3) is 10.0 Å². The molecule has 0 bridgehead atoms. The average Bonchev–Trinajstić information content (AvgIpc) is 3.00. The number of hydrogen-bond donors (Lipinski definition) is 4. The molecule has 2 heterocycles. The molecule has 1 atom stereocenters. The van der Waals surface area contributed by atoms with Gasteiger partial charge in [-0.25, -0.2) is 32.9 Å². The Bertz CT molecular complexity index is 1850. The van der Waals surface area contributed by atoms with E-state index in [0.29, 0.717) is 18.1 Å². The van der Waals surface area contributed by atoms with Crippen LogP contribution in [0.4, 0.5) is 11.6 Å². The Balaban J connectivity index is 1.58. The number of carboxylic acid groups (broad SMARTS) is 1. The van der Waals surface area contributed by atoms with Gasteiger partial charge in [-0.1, -0.05) is 65.8 Å². The van der Waals surface area contributed by atoms with Crippen LogP contribution in [0.25, 0.3) is 11.3 Å². The van der Waals surface area contributed by atoms with Gasteiger partial charge in [0.15, 0.2) is 0 Å². The van der Waals surface area contributed by atoms with Crippen LogP contribution in [0.2, 0.25) is 0 Å². The minimum atomic E-state index is -4.24. The zero-order valence-electron chi connectivity index (χ0n) is 29.5. The van der Waals surface area contributed by atoms with E-state index in [4.69, 9.17) is 4.74 Å². The second-order valence-electron chi connectivity index (χ2n) is 14.6. The Morgan fingerprint density at radius 2 is 1.57 bits per heavy atom. The van der Waals surface area contributed by atoms with Crippen LogP contribution in [0.1, 0.15) is 75.3 Å². The van der Waals surface area contributed by atoms with E-state index in [1.165, 1.54) is 18.2 Å². The highest BCUT2D eigenvalue weighted by Gasteiger charge is 2.23. The lowest BCUT2D eigenvalue weighted by atomic mass is 9.88. The van der Waals surface area contributed by atoms with Gasteiger partial charge in [0, 0.05) is 24.2 Å². The van der Waals surface area contributed by atoms with Gasteiger partial charge in [-0.2, -0.15) is 4.98 Å². The lowest BCUT2D eigenvalue weighted by Gasteiger charge is -2.27. The number of hydrogen-bond acceptors (Lipinski definition) is 10. The van der Waals surface area contributed by atoms with E-state index in [1.54, 1.807) is 18.5 Å². The zero-order valence-corrected chi connectivity index (χ0v) is 30.3. The summed E-state index contributed by atoms with van der Waals surface area (Å²) < 4.78 is 35.4. The summed E-state index contributed by atoms with van der Waals surface area (Å²) in [5.41, 5.74) is 3.98. The number of nitrogens with one attached hydrogen (secondary N) is 3. The molecule has 0 aliphatic heterocycles. The molecule has 4 N–H and O–H groups in total. The fourth-order valence-electron chi connectivity index (χ4n) is 5.12. The zero-order chi connectivity index (χ0) is 36.0. The van der Waals surface area contributed by atoms with Crippen LogP contribution in [-0.2, 0) is 16.6 Å². The highest BCUT2D eigenvalue weighted by molar-refractivity contribution is 7.92. The third-order valence-electron chi connectivity index (χ3n) is 7.43. The van der Waals surface area contributed by atoms with Crippen LogP contribution in [0.15, 0.2) is 65.8 Å². The highest BCUT2D eigenvalue weighted by Crippen LogP contribution is 2.30. The molecule has 49 heavy (non-hydrogen) atoms. The van der Waals surface area contributed by atoms with Crippen LogP contribution in [0.3, 0.4) is 0 Å². The van der Waals surface area contributed by atoms with Crippen LogP contribution >= 0.6 is 0 Å². The van der Waals surface area contributed by atoms with Crippen molar-refractivity contribution < 1.29 is 23.1 Å². The number of nitrogens with zero attached hydrogens (tertiary/aromatic N) is 4. The summed E-state index contributed by atoms with van der Waals surface area (Å²) in [6, 6.07) is 12.5. The van der Waals surface area contributed by atoms with Crippen molar-refractivity contribution in [2.75, 3.05) is 23.2 Å². The SMILES string of the molecule is Cc1cccc(C)c1-c1cc(OCC(CC(C)(C)C)NCc2ncc(NCC(C)(C)C)cn2)nc(NS(=O)(=O)c2cccc(C(=O)O)c2)n1. The molecule has 0 aliphatic carbocycles. The average molecular weight is 690 g/mol. The van der Waals surface area contributed by atoms with Crippen molar-refractivity contribution in [3.63, 3.8) is 0 Å². The molecule has 0 saturated heterocycles. The largest absolute Gasteiger partial charge is 0.478 e. The molecule has 4 rings (SSSR count). The molecule has 0 aliphatic rings. The molecule has 2 aromatic carbocycles. The summed E-state index contributed by atoms with van der Waals surface area (Å²) in [6.07, 6.45) is 4.31. The molecule has 0 radical (unpaired) electrons. The van der Waals surface area contributed by atoms with Crippen LogP contribution in [0, 0.1) is 24.7 Å². The van der Waals surface area contributed by atoms with Crippen molar-refractivity contribution in [2.24, 2.45) is 10.8 Å². The fraction of sp³-hybridized carbons (Fsp3) is 0.417. The maximum absolute atomic E-state index is 13.4. The van der Waals surface area contributed by atoms with Gasteiger partial charge in [-0.15, -0.1) is 0 Å². The third-order valence-corrected chi connectivity index (χ3v) is 8.75. The summed E-state index contributed by atoms with van der Waals surface area (Å²) in [5.74, 6) is -0.625. The molecule has 0 fully saturated rings. The minimum absolute atomic E-state index is 0.0387. The minimum Gasteiger partial charge on any atom is -0.478 e. The maximum atomic E-state index is 13.4. The highest BCUT2D eigenvalue weighted by atomic mass is 32.2. The lowest BCUT2D eigenvalue weighted by Crippen LogP contribution is -2.38. The number of ether oxygens (including phenoxy) is 1. The van der Waals surface area contributed by atoms with E-state index < -0.39 is 16.0 Å². The summed E-state index contributed by atoms with van der Waals surface area (Å²) >= 11 is 0. The molecule has 0 amide bonds. The quantitative estimate of drug-likeness (QED) is 0.114. The third kappa shape index (κ3) is 11.2. The van der Waals surface area contributed by atoms with Crippen LogP contribution < -0.4 is 20.1 Å². The summed E-state index contributed by atoms with van der Waals surface area (Å²) in [5, 5.41) is 16.3. The van der Waals surface area contributed by atoms with Crippen LogP contribution in [-0.4, -0.2) is 58.6 Å². The Morgan fingerprint density at radius 1 is 0.918 bits per heavy atom. The lowest BCUT2D eigenvalue weighted by molar-refractivity contribution is 0.0696. The van der Waals surface area contributed by atoms with Gasteiger partial charge in [-0.05, 0) is 60.4 Å². The van der Waals surface area contributed by atoms with E-state index in [9.17, 15) is 18.3 Å². The molecular formula is C36H47N7O5S. The van der Waals surface area contributed by atoms with Crippen molar-refractivity contribution in [3.8, 4) is 17.1 Å². The van der Waals surface area contributed by atoms with Gasteiger partial charge in [0.1, 0.15) is 12.4 Å². The number of carboxylic acids is 1. The van der Waals surface area contributed by atoms with Crippen LogP contribution in [0.5, 0.6) is 5.88 Å². The first-order valence-electron chi connectivity index (χ1n) is 16.1. The number of sulfonamides is 1.